The average Bonchev–Trinajstić information content (AvgIpc) is 2.63. The Balaban J connectivity index is 2.26. The smallest absolute Gasteiger partial charge is 0.0404 e. The molecule has 76 valence electrons. The van der Waals surface area contributed by atoms with Gasteiger partial charge in [0.25, 0.3) is 0 Å². The van der Waals surface area contributed by atoms with E-state index in [-0.39, 0.29) is 0 Å². The Bertz CT molecular complexity index is 478. The van der Waals surface area contributed by atoms with Crippen molar-refractivity contribution in [2.75, 3.05) is 0 Å². The van der Waals surface area contributed by atoms with Gasteiger partial charge in [-0.05, 0) is 36.3 Å². The summed E-state index contributed by atoms with van der Waals surface area (Å²) in [5.41, 5.74) is 3.81. The van der Waals surface area contributed by atoms with Crippen molar-refractivity contribution in [2.24, 2.45) is 7.05 Å². The van der Waals surface area contributed by atoms with Crippen molar-refractivity contribution in [3.63, 3.8) is 0 Å². The number of hydrogen-bond donors (Lipinski definition) is 0. The quantitative estimate of drug-likeness (QED) is 0.694. The first-order valence-electron chi connectivity index (χ1n) is 5.12. The van der Waals surface area contributed by atoms with Crippen LogP contribution < -0.4 is 0 Å². The van der Waals surface area contributed by atoms with Crippen molar-refractivity contribution in [2.45, 2.75) is 6.92 Å². The Kier molecular flexibility index (Phi) is 2.72. The van der Waals surface area contributed by atoms with E-state index in [4.69, 9.17) is 0 Å². The van der Waals surface area contributed by atoms with Crippen molar-refractivity contribution in [1.29, 1.82) is 0 Å². The summed E-state index contributed by atoms with van der Waals surface area (Å²) in [7, 11) is 2.05. The normalized spacial score (nSPS) is 11.1. The zero-order chi connectivity index (χ0) is 10.7. The molecule has 0 bridgehead atoms. The maximum absolute atomic E-state index is 2.16. The van der Waals surface area contributed by atoms with Gasteiger partial charge < -0.3 is 4.57 Å². The predicted octanol–water partition coefficient (Wildman–Crippen LogP) is 3.50. The lowest BCUT2D eigenvalue weighted by atomic mass is 10.1. The molecule has 1 heteroatoms. The number of aromatic nitrogens is 1. The minimum absolute atomic E-state index is 1.22. The lowest BCUT2D eigenvalue weighted by molar-refractivity contribution is 0.915. The molecule has 0 saturated carbocycles. The van der Waals surface area contributed by atoms with Crippen LogP contribution in [0.4, 0.5) is 0 Å². The standard InChI is InChI=1S/C14H15N/c1-12-6-3-4-7-13(12)9-10-14-8-5-11-15(14)2/h3-11H,1-2H3/b10-9+. The molecule has 0 N–H and O–H groups in total. The fourth-order valence-corrected chi connectivity index (χ4v) is 1.60. The SMILES string of the molecule is Cc1ccccc1/C=C/c1cccn1C. The highest BCUT2D eigenvalue weighted by Gasteiger charge is 1.93. The topological polar surface area (TPSA) is 4.93 Å². The highest BCUT2D eigenvalue weighted by atomic mass is 14.9. The van der Waals surface area contributed by atoms with Gasteiger partial charge in [-0.2, -0.15) is 0 Å². The summed E-state index contributed by atoms with van der Waals surface area (Å²) in [6.07, 6.45) is 6.35. The molecular formula is C14H15N. The molecule has 0 spiro atoms. The van der Waals surface area contributed by atoms with E-state index >= 15 is 0 Å². The highest BCUT2D eigenvalue weighted by molar-refractivity contribution is 5.69. The third-order valence-corrected chi connectivity index (χ3v) is 2.61. The molecule has 1 aromatic heterocycles. The molecule has 0 saturated heterocycles. The van der Waals surface area contributed by atoms with E-state index < -0.39 is 0 Å². The van der Waals surface area contributed by atoms with Gasteiger partial charge in [0.05, 0.1) is 0 Å². The fraction of sp³-hybridized carbons (Fsp3) is 0.143. The highest BCUT2D eigenvalue weighted by Crippen LogP contribution is 2.11. The zero-order valence-electron chi connectivity index (χ0n) is 9.14. The lowest BCUT2D eigenvalue weighted by Crippen LogP contribution is -1.86. The summed E-state index contributed by atoms with van der Waals surface area (Å²) in [4.78, 5) is 0. The number of nitrogens with zero attached hydrogens (tertiary/aromatic N) is 1. The van der Waals surface area contributed by atoms with Gasteiger partial charge in [0.15, 0.2) is 0 Å². The molecular weight excluding hydrogens is 182 g/mol. The molecule has 0 aliphatic rings. The van der Waals surface area contributed by atoms with Crippen LogP contribution in [0.2, 0.25) is 0 Å². The molecule has 1 nitrogen and oxygen atoms in total. The summed E-state index contributed by atoms with van der Waals surface area (Å²) >= 11 is 0. The Morgan fingerprint density at radius 1 is 1.00 bits per heavy atom. The zero-order valence-corrected chi connectivity index (χ0v) is 9.14. The molecule has 1 aromatic carbocycles. The van der Waals surface area contributed by atoms with Crippen molar-refractivity contribution in [1.82, 2.24) is 4.57 Å². The van der Waals surface area contributed by atoms with Crippen LogP contribution in [0.1, 0.15) is 16.8 Å². The van der Waals surface area contributed by atoms with E-state index in [9.17, 15) is 0 Å². The van der Waals surface area contributed by atoms with Crippen molar-refractivity contribution in [3.8, 4) is 0 Å². The number of aryl methyl sites for hydroxylation is 2. The van der Waals surface area contributed by atoms with Crippen LogP contribution in [0.25, 0.3) is 12.2 Å². The van der Waals surface area contributed by atoms with Crippen LogP contribution in [0.3, 0.4) is 0 Å². The summed E-state index contributed by atoms with van der Waals surface area (Å²) in [6.45, 7) is 2.13. The molecule has 15 heavy (non-hydrogen) atoms. The van der Waals surface area contributed by atoms with Crippen LogP contribution in [0.15, 0.2) is 42.6 Å². The lowest BCUT2D eigenvalue weighted by Gasteiger charge is -1.99. The minimum Gasteiger partial charge on any atom is -0.351 e. The van der Waals surface area contributed by atoms with Gasteiger partial charge in [-0.15, -0.1) is 0 Å². The monoisotopic (exact) mass is 197 g/mol. The molecule has 2 rings (SSSR count). The molecule has 0 unspecified atom stereocenters. The maximum Gasteiger partial charge on any atom is 0.0404 e. The summed E-state index contributed by atoms with van der Waals surface area (Å²) in [5, 5.41) is 0. The average molecular weight is 197 g/mol. The minimum atomic E-state index is 1.22. The Morgan fingerprint density at radius 3 is 2.47 bits per heavy atom. The number of benzene rings is 1. The van der Waals surface area contributed by atoms with Crippen molar-refractivity contribution >= 4 is 12.2 Å². The van der Waals surface area contributed by atoms with Crippen molar-refractivity contribution < 1.29 is 0 Å². The number of rotatable bonds is 2. The van der Waals surface area contributed by atoms with Crippen LogP contribution in [-0.2, 0) is 7.05 Å². The molecule has 0 aliphatic heterocycles. The first kappa shape index (κ1) is 9.78. The molecule has 0 fully saturated rings. The van der Waals surface area contributed by atoms with Gasteiger partial charge in [0, 0.05) is 18.9 Å². The third-order valence-electron chi connectivity index (χ3n) is 2.61. The Morgan fingerprint density at radius 2 is 1.80 bits per heavy atom. The van der Waals surface area contributed by atoms with Crippen molar-refractivity contribution in [3.05, 3.63) is 59.4 Å². The predicted molar refractivity (Wildman–Crippen MR) is 65.5 cm³/mol. The second-order valence-corrected chi connectivity index (χ2v) is 3.73. The molecule has 1 heterocycles. The van der Waals surface area contributed by atoms with Gasteiger partial charge >= 0.3 is 0 Å². The summed E-state index contributed by atoms with van der Waals surface area (Å²) in [6, 6.07) is 12.6. The van der Waals surface area contributed by atoms with E-state index in [0.717, 1.165) is 0 Å². The molecule has 2 aromatic rings. The van der Waals surface area contributed by atoms with Gasteiger partial charge in [-0.3, -0.25) is 0 Å². The largest absolute Gasteiger partial charge is 0.351 e. The number of hydrogen-bond acceptors (Lipinski definition) is 0. The molecule has 0 aliphatic carbocycles. The van der Waals surface area contributed by atoms with Gasteiger partial charge in [-0.1, -0.05) is 30.3 Å². The molecule has 0 atom stereocenters. The first-order chi connectivity index (χ1) is 7.27. The fourth-order valence-electron chi connectivity index (χ4n) is 1.60. The van der Waals surface area contributed by atoms with Gasteiger partial charge in [-0.25, -0.2) is 0 Å². The third kappa shape index (κ3) is 2.18. The van der Waals surface area contributed by atoms with Crippen LogP contribution in [0, 0.1) is 6.92 Å². The summed E-state index contributed by atoms with van der Waals surface area (Å²) < 4.78 is 2.11. The second-order valence-electron chi connectivity index (χ2n) is 3.73. The van der Waals surface area contributed by atoms with Crippen LogP contribution >= 0.6 is 0 Å². The Labute approximate surface area is 90.7 Å². The Hall–Kier alpha value is -1.76. The van der Waals surface area contributed by atoms with E-state index in [1.165, 1.54) is 16.8 Å². The first-order valence-corrected chi connectivity index (χ1v) is 5.12. The molecule has 0 radical (unpaired) electrons. The maximum atomic E-state index is 2.16. The molecule has 0 amide bonds. The summed E-state index contributed by atoms with van der Waals surface area (Å²) in [5.74, 6) is 0. The van der Waals surface area contributed by atoms with E-state index in [2.05, 4.69) is 73.3 Å². The van der Waals surface area contributed by atoms with Gasteiger partial charge in [0.2, 0.25) is 0 Å². The van der Waals surface area contributed by atoms with E-state index in [0.29, 0.717) is 0 Å². The van der Waals surface area contributed by atoms with Crippen LogP contribution in [-0.4, -0.2) is 4.57 Å². The second kappa shape index (κ2) is 4.18. The van der Waals surface area contributed by atoms with Gasteiger partial charge in [0.1, 0.15) is 0 Å². The van der Waals surface area contributed by atoms with E-state index in [1.807, 2.05) is 0 Å². The van der Waals surface area contributed by atoms with Crippen LogP contribution in [0.5, 0.6) is 0 Å². The van der Waals surface area contributed by atoms with E-state index in [1.54, 1.807) is 0 Å².